The highest BCUT2D eigenvalue weighted by Crippen LogP contribution is 2.18. The molecule has 1 fully saturated rings. The lowest BCUT2D eigenvalue weighted by molar-refractivity contribution is 0.0953. The minimum Gasteiger partial charge on any atom is -0.368 e. The van der Waals surface area contributed by atoms with Crippen molar-refractivity contribution in [2.75, 3.05) is 37.6 Å². The summed E-state index contributed by atoms with van der Waals surface area (Å²) >= 11 is 0. The van der Waals surface area contributed by atoms with Crippen molar-refractivity contribution >= 4 is 11.6 Å². The number of piperazine rings is 1. The van der Waals surface area contributed by atoms with Crippen molar-refractivity contribution in [3.63, 3.8) is 0 Å². The number of amides is 1. The average molecular weight is 352 g/mol. The van der Waals surface area contributed by atoms with E-state index in [2.05, 4.69) is 57.4 Å². The number of nitrogens with one attached hydrogen (secondary N) is 1. The van der Waals surface area contributed by atoms with E-state index in [0.29, 0.717) is 5.56 Å². The van der Waals surface area contributed by atoms with Gasteiger partial charge in [0, 0.05) is 45.5 Å². The van der Waals surface area contributed by atoms with Gasteiger partial charge in [0.05, 0.1) is 17.4 Å². The molecule has 1 aliphatic heterocycles. The van der Waals surface area contributed by atoms with Crippen molar-refractivity contribution in [3.05, 3.63) is 59.9 Å². The quantitative estimate of drug-likeness (QED) is 0.779. The lowest BCUT2D eigenvalue weighted by Gasteiger charge is -2.36. The van der Waals surface area contributed by atoms with Crippen molar-refractivity contribution in [1.29, 1.82) is 0 Å². The first-order chi connectivity index (χ1) is 12.8. The van der Waals surface area contributed by atoms with Gasteiger partial charge in [-0.15, -0.1) is 0 Å². The Kier molecular flexibility index (Phi) is 6.61. The molecule has 0 aliphatic carbocycles. The second-order valence-electron chi connectivity index (χ2n) is 6.79. The molecule has 1 saturated heterocycles. The lowest BCUT2D eigenvalue weighted by Crippen LogP contribution is -2.46. The molecule has 26 heavy (non-hydrogen) atoms. The molecule has 1 N–H and O–H groups in total. The van der Waals surface area contributed by atoms with Gasteiger partial charge in [-0.2, -0.15) is 0 Å². The first-order valence-corrected chi connectivity index (χ1v) is 9.50. The van der Waals surface area contributed by atoms with Gasteiger partial charge in [0.1, 0.15) is 0 Å². The predicted octanol–water partition coefficient (Wildman–Crippen LogP) is 2.93. The molecular formula is C21H28N4O. The molecule has 0 saturated carbocycles. The Balaban J connectivity index is 1.54. The van der Waals surface area contributed by atoms with Crippen LogP contribution in [0.1, 0.15) is 35.7 Å². The van der Waals surface area contributed by atoms with E-state index in [0.717, 1.165) is 57.8 Å². The number of carbonyl (C=O) groups is 1. The second-order valence-corrected chi connectivity index (χ2v) is 6.79. The van der Waals surface area contributed by atoms with Crippen LogP contribution in [-0.4, -0.2) is 48.5 Å². The summed E-state index contributed by atoms with van der Waals surface area (Å²) in [5.74, 6) is -0.0319. The number of anilines is 1. The highest BCUT2D eigenvalue weighted by Gasteiger charge is 2.18. The highest BCUT2D eigenvalue weighted by atomic mass is 16.1. The smallest absolute Gasteiger partial charge is 0.252 e. The summed E-state index contributed by atoms with van der Waals surface area (Å²) in [6, 6.07) is 12.6. The summed E-state index contributed by atoms with van der Waals surface area (Å²) in [7, 11) is 0. The van der Waals surface area contributed by atoms with Crippen molar-refractivity contribution < 1.29 is 4.79 Å². The molecule has 0 spiro atoms. The summed E-state index contributed by atoms with van der Waals surface area (Å²) in [5.41, 5.74) is 3.03. The number of aromatic nitrogens is 1. The van der Waals surface area contributed by atoms with Gasteiger partial charge in [-0.05, 0) is 18.1 Å². The third kappa shape index (κ3) is 5.05. The van der Waals surface area contributed by atoms with Crippen LogP contribution in [0.2, 0.25) is 0 Å². The molecule has 0 bridgehead atoms. The molecule has 1 aromatic carbocycles. The Bertz CT molecular complexity index is 696. The number of hydrogen-bond donors (Lipinski definition) is 1. The van der Waals surface area contributed by atoms with Crippen LogP contribution < -0.4 is 10.2 Å². The first kappa shape index (κ1) is 18.4. The van der Waals surface area contributed by atoms with E-state index in [1.165, 1.54) is 5.56 Å². The van der Waals surface area contributed by atoms with Crippen molar-refractivity contribution in [2.45, 2.75) is 26.3 Å². The van der Waals surface area contributed by atoms with E-state index >= 15 is 0 Å². The van der Waals surface area contributed by atoms with E-state index in [4.69, 9.17) is 0 Å². The maximum Gasteiger partial charge on any atom is 0.252 e. The number of nitrogens with zero attached hydrogens (tertiary/aromatic N) is 3. The Labute approximate surface area is 156 Å². The highest BCUT2D eigenvalue weighted by molar-refractivity contribution is 5.94. The van der Waals surface area contributed by atoms with Crippen LogP contribution in [0.15, 0.2) is 48.8 Å². The fourth-order valence-corrected chi connectivity index (χ4v) is 3.21. The average Bonchev–Trinajstić information content (AvgIpc) is 2.69. The standard InChI is InChI=1S/C21H28N4O/c1-2-3-9-23-21(26)19-14-20(16-22-15-19)25-12-10-24(11-13-25)17-18-7-5-4-6-8-18/h4-8,14-16H,2-3,9-13,17H2,1H3,(H,23,26). The molecule has 2 aromatic rings. The molecule has 0 atom stereocenters. The van der Waals surface area contributed by atoms with Crippen LogP contribution in [0.25, 0.3) is 0 Å². The Hall–Kier alpha value is -2.40. The molecule has 5 nitrogen and oxygen atoms in total. The van der Waals surface area contributed by atoms with Gasteiger partial charge in [0.2, 0.25) is 0 Å². The molecule has 1 aliphatic rings. The summed E-state index contributed by atoms with van der Waals surface area (Å²) in [6.45, 7) is 7.77. The van der Waals surface area contributed by atoms with E-state index in [1.807, 2.05) is 12.3 Å². The SMILES string of the molecule is CCCCNC(=O)c1cncc(N2CCN(Cc3ccccc3)CC2)c1. The van der Waals surface area contributed by atoms with Crippen LogP contribution in [-0.2, 0) is 6.54 Å². The van der Waals surface area contributed by atoms with E-state index in [-0.39, 0.29) is 5.91 Å². The normalized spacial score (nSPS) is 15.0. The molecule has 0 radical (unpaired) electrons. The number of unbranched alkanes of at least 4 members (excludes halogenated alkanes) is 1. The summed E-state index contributed by atoms with van der Waals surface area (Å²) < 4.78 is 0. The maximum atomic E-state index is 12.2. The third-order valence-electron chi connectivity index (χ3n) is 4.79. The van der Waals surface area contributed by atoms with Crippen molar-refractivity contribution in [1.82, 2.24) is 15.2 Å². The Morgan fingerprint density at radius 2 is 1.88 bits per heavy atom. The number of hydrogen-bond acceptors (Lipinski definition) is 4. The number of carbonyl (C=O) groups excluding carboxylic acids is 1. The monoisotopic (exact) mass is 352 g/mol. The van der Waals surface area contributed by atoms with E-state index < -0.39 is 0 Å². The van der Waals surface area contributed by atoms with Crippen molar-refractivity contribution in [2.24, 2.45) is 0 Å². The van der Waals surface area contributed by atoms with Gasteiger partial charge in [0.15, 0.2) is 0 Å². The summed E-state index contributed by atoms with van der Waals surface area (Å²) in [6.07, 6.45) is 5.58. The fourth-order valence-electron chi connectivity index (χ4n) is 3.21. The largest absolute Gasteiger partial charge is 0.368 e. The minimum absolute atomic E-state index is 0.0319. The first-order valence-electron chi connectivity index (χ1n) is 9.50. The van der Waals surface area contributed by atoms with Gasteiger partial charge >= 0.3 is 0 Å². The molecule has 1 amide bonds. The van der Waals surface area contributed by atoms with Gasteiger partial charge in [-0.1, -0.05) is 43.7 Å². The van der Waals surface area contributed by atoms with Gasteiger partial charge in [0.25, 0.3) is 5.91 Å². The third-order valence-corrected chi connectivity index (χ3v) is 4.79. The topological polar surface area (TPSA) is 48.5 Å². The zero-order chi connectivity index (χ0) is 18.2. The number of benzene rings is 1. The van der Waals surface area contributed by atoms with Gasteiger partial charge < -0.3 is 10.2 Å². The van der Waals surface area contributed by atoms with Crippen LogP contribution in [0, 0.1) is 0 Å². The molecule has 138 valence electrons. The van der Waals surface area contributed by atoms with Crippen LogP contribution >= 0.6 is 0 Å². The Morgan fingerprint density at radius 1 is 1.12 bits per heavy atom. The maximum absolute atomic E-state index is 12.2. The van der Waals surface area contributed by atoms with Crippen LogP contribution in [0.3, 0.4) is 0 Å². The number of rotatable bonds is 7. The molecule has 5 heteroatoms. The lowest BCUT2D eigenvalue weighted by atomic mass is 10.2. The molecule has 3 rings (SSSR count). The molecule has 2 heterocycles. The molecule has 1 aromatic heterocycles. The minimum atomic E-state index is -0.0319. The van der Waals surface area contributed by atoms with Crippen LogP contribution in [0.4, 0.5) is 5.69 Å². The van der Waals surface area contributed by atoms with Gasteiger partial charge in [-0.25, -0.2) is 0 Å². The summed E-state index contributed by atoms with van der Waals surface area (Å²) in [4.78, 5) is 21.3. The molecular weight excluding hydrogens is 324 g/mol. The molecule has 0 unspecified atom stereocenters. The Morgan fingerprint density at radius 3 is 2.62 bits per heavy atom. The fraction of sp³-hybridized carbons (Fsp3) is 0.429. The zero-order valence-electron chi connectivity index (χ0n) is 15.5. The van der Waals surface area contributed by atoms with Gasteiger partial charge in [-0.3, -0.25) is 14.7 Å². The van der Waals surface area contributed by atoms with Crippen molar-refractivity contribution in [3.8, 4) is 0 Å². The van der Waals surface area contributed by atoms with Crippen LogP contribution in [0.5, 0.6) is 0 Å². The summed E-state index contributed by atoms with van der Waals surface area (Å²) in [5, 5.41) is 2.96. The van der Waals surface area contributed by atoms with E-state index in [1.54, 1.807) is 6.20 Å². The predicted molar refractivity (Wildman–Crippen MR) is 105 cm³/mol. The van der Waals surface area contributed by atoms with E-state index in [9.17, 15) is 4.79 Å². The second kappa shape index (κ2) is 9.34. The number of pyridine rings is 1. The zero-order valence-corrected chi connectivity index (χ0v) is 15.5.